The number of nitrogens with zero attached hydrogens (tertiary/aromatic N) is 2. The van der Waals surface area contributed by atoms with Gasteiger partial charge >= 0.3 is 0 Å². The van der Waals surface area contributed by atoms with Crippen LogP contribution in [0.3, 0.4) is 0 Å². The number of rotatable bonds is 10. The molecule has 1 amide bonds. The lowest BCUT2D eigenvalue weighted by atomic mass is 10.2. The first kappa shape index (κ1) is 20.3. The number of nitrogens with one attached hydrogen (secondary N) is 1. The molecule has 0 unspecified atom stereocenters. The molecule has 1 aromatic heterocycles. The number of hydrogen-bond acceptors (Lipinski definition) is 7. The summed E-state index contributed by atoms with van der Waals surface area (Å²) < 4.78 is 21.2. The van der Waals surface area contributed by atoms with Gasteiger partial charge in [-0.05, 0) is 23.8 Å². The Morgan fingerprint density at radius 2 is 1.86 bits per heavy atom. The molecular formula is C21H23N3O5. The Morgan fingerprint density at radius 1 is 1.07 bits per heavy atom. The zero-order valence-corrected chi connectivity index (χ0v) is 16.4. The van der Waals surface area contributed by atoms with Crippen LogP contribution < -0.4 is 14.8 Å². The standard InChI is InChI=1S/C21H23N3O5/c1-26-17-9-8-16(12-18(17)27-2)21-23-20(29-24-21)10-11-22-19(25)14-28-13-15-6-4-3-5-7-15/h3-9,12H,10-11,13-14H2,1-2H3,(H,22,25). The minimum atomic E-state index is -0.194. The highest BCUT2D eigenvalue weighted by atomic mass is 16.5. The number of amides is 1. The smallest absolute Gasteiger partial charge is 0.246 e. The largest absolute Gasteiger partial charge is 0.493 e. The molecule has 3 aromatic rings. The van der Waals surface area contributed by atoms with Gasteiger partial charge < -0.3 is 24.1 Å². The molecule has 0 aliphatic carbocycles. The molecule has 0 aliphatic heterocycles. The molecule has 0 saturated heterocycles. The second kappa shape index (κ2) is 10.2. The summed E-state index contributed by atoms with van der Waals surface area (Å²) in [4.78, 5) is 16.2. The molecule has 152 valence electrons. The highest BCUT2D eigenvalue weighted by Gasteiger charge is 2.12. The van der Waals surface area contributed by atoms with Gasteiger partial charge in [0.2, 0.25) is 17.6 Å². The molecule has 2 aromatic carbocycles. The molecule has 0 bridgehead atoms. The molecule has 8 nitrogen and oxygen atoms in total. The molecule has 1 heterocycles. The molecular weight excluding hydrogens is 374 g/mol. The van der Waals surface area contributed by atoms with Crippen molar-refractivity contribution >= 4 is 5.91 Å². The SMILES string of the molecule is COc1ccc(-c2noc(CCNC(=O)COCc3ccccc3)n2)cc1OC. The van der Waals surface area contributed by atoms with Gasteiger partial charge in [0, 0.05) is 18.5 Å². The van der Waals surface area contributed by atoms with E-state index in [0.29, 0.717) is 42.8 Å². The fourth-order valence-corrected chi connectivity index (χ4v) is 2.64. The quantitative estimate of drug-likeness (QED) is 0.562. The maximum absolute atomic E-state index is 11.9. The van der Waals surface area contributed by atoms with Crippen LogP contribution in [-0.2, 0) is 22.6 Å². The second-order valence-electron chi connectivity index (χ2n) is 6.16. The van der Waals surface area contributed by atoms with E-state index in [0.717, 1.165) is 11.1 Å². The Balaban J connectivity index is 1.44. The summed E-state index contributed by atoms with van der Waals surface area (Å²) in [6.07, 6.45) is 0.421. The first-order valence-corrected chi connectivity index (χ1v) is 9.13. The zero-order valence-electron chi connectivity index (χ0n) is 16.4. The Hall–Kier alpha value is -3.39. The normalized spacial score (nSPS) is 10.6. The molecule has 8 heteroatoms. The average Bonchev–Trinajstić information content (AvgIpc) is 3.23. The summed E-state index contributed by atoms with van der Waals surface area (Å²) >= 11 is 0. The summed E-state index contributed by atoms with van der Waals surface area (Å²) in [5, 5.41) is 6.75. The van der Waals surface area contributed by atoms with Crippen LogP contribution in [-0.4, -0.2) is 43.4 Å². The van der Waals surface area contributed by atoms with Crippen LogP contribution in [0.5, 0.6) is 11.5 Å². The summed E-state index contributed by atoms with van der Waals surface area (Å²) in [6.45, 7) is 0.767. The molecule has 0 spiro atoms. The number of carbonyl (C=O) groups excluding carboxylic acids is 1. The molecule has 3 rings (SSSR count). The summed E-state index contributed by atoms with van der Waals surface area (Å²) in [6, 6.07) is 15.1. The number of methoxy groups -OCH3 is 2. The van der Waals surface area contributed by atoms with E-state index < -0.39 is 0 Å². The van der Waals surface area contributed by atoms with E-state index in [1.54, 1.807) is 26.4 Å². The highest BCUT2D eigenvalue weighted by Crippen LogP contribution is 2.31. The monoisotopic (exact) mass is 397 g/mol. The predicted molar refractivity (Wildman–Crippen MR) is 106 cm³/mol. The van der Waals surface area contributed by atoms with Crippen molar-refractivity contribution in [3.8, 4) is 22.9 Å². The van der Waals surface area contributed by atoms with E-state index in [2.05, 4.69) is 15.5 Å². The van der Waals surface area contributed by atoms with Crippen molar-refractivity contribution in [1.82, 2.24) is 15.5 Å². The third-order valence-electron chi connectivity index (χ3n) is 4.12. The van der Waals surface area contributed by atoms with Crippen LogP contribution >= 0.6 is 0 Å². The van der Waals surface area contributed by atoms with Crippen LogP contribution in [0.2, 0.25) is 0 Å². The van der Waals surface area contributed by atoms with Gasteiger partial charge in [-0.2, -0.15) is 4.98 Å². The van der Waals surface area contributed by atoms with E-state index in [4.69, 9.17) is 18.7 Å². The van der Waals surface area contributed by atoms with E-state index >= 15 is 0 Å². The molecule has 0 radical (unpaired) electrons. The van der Waals surface area contributed by atoms with Crippen molar-refractivity contribution in [2.75, 3.05) is 27.4 Å². The Labute approximate surface area is 168 Å². The number of aromatic nitrogens is 2. The molecule has 0 fully saturated rings. The lowest BCUT2D eigenvalue weighted by Crippen LogP contribution is -2.29. The molecule has 1 N–H and O–H groups in total. The lowest BCUT2D eigenvalue weighted by molar-refractivity contribution is -0.126. The van der Waals surface area contributed by atoms with E-state index in [9.17, 15) is 4.79 Å². The Morgan fingerprint density at radius 3 is 2.62 bits per heavy atom. The number of carbonyl (C=O) groups is 1. The fraction of sp³-hybridized carbons (Fsp3) is 0.286. The molecule has 0 aliphatic rings. The first-order chi connectivity index (χ1) is 14.2. The summed E-state index contributed by atoms with van der Waals surface area (Å²) in [5.74, 6) is 1.88. The van der Waals surface area contributed by atoms with Crippen LogP contribution in [0.15, 0.2) is 53.1 Å². The first-order valence-electron chi connectivity index (χ1n) is 9.13. The maximum Gasteiger partial charge on any atom is 0.246 e. The van der Waals surface area contributed by atoms with Gasteiger partial charge in [-0.3, -0.25) is 4.79 Å². The van der Waals surface area contributed by atoms with E-state index in [-0.39, 0.29) is 12.5 Å². The number of benzene rings is 2. The van der Waals surface area contributed by atoms with Crippen molar-refractivity contribution < 1.29 is 23.5 Å². The third kappa shape index (κ3) is 5.79. The minimum absolute atomic E-state index is 0.00434. The predicted octanol–water partition coefficient (Wildman–Crippen LogP) is 2.63. The highest BCUT2D eigenvalue weighted by molar-refractivity contribution is 5.77. The molecule has 0 atom stereocenters. The fourth-order valence-electron chi connectivity index (χ4n) is 2.64. The molecule has 29 heavy (non-hydrogen) atoms. The molecule has 0 saturated carbocycles. The van der Waals surface area contributed by atoms with Crippen molar-refractivity contribution in [3.63, 3.8) is 0 Å². The Bertz CT molecular complexity index is 927. The van der Waals surface area contributed by atoms with Gasteiger partial charge in [-0.15, -0.1) is 0 Å². The van der Waals surface area contributed by atoms with E-state index in [1.807, 2.05) is 36.4 Å². The second-order valence-corrected chi connectivity index (χ2v) is 6.16. The van der Waals surface area contributed by atoms with Crippen LogP contribution in [0.4, 0.5) is 0 Å². The van der Waals surface area contributed by atoms with Gasteiger partial charge in [0.05, 0.1) is 20.8 Å². The van der Waals surface area contributed by atoms with Gasteiger partial charge in [-0.1, -0.05) is 35.5 Å². The lowest BCUT2D eigenvalue weighted by Gasteiger charge is -2.07. The van der Waals surface area contributed by atoms with Crippen molar-refractivity contribution in [2.45, 2.75) is 13.0 Å². The average molecular weight is 397 g/mol. The van der Waals surface area contributed by atoms with Crippen LogP contribution in [0, 0.1) is 0 Å². The number of hydrogen-bond donors (Lipinski definition) is 1. The summed E-state index contributed by atoms with van der Waals surface area (Å²) in [5.41, 5.74) is 1.77. The Kier molecular flexibility index (Phi) is 7.18. The maximum atomic E-state index is 11.9. The van der Waals surface area contributed by atoms with Gasteiger partial charge in [-0.25, -0.2) is 0 Å². The zero-order chi connectivity index (χ0) is 20.5. The van der Waals surface area contributed by atoms with Crippen molar-refractivity contribution in [2.24, 2.45) is 0 Å². The minimum Gasteiger partial charge on any atom is -0.493 e. The van der Waals surface area contributed by atoms with Crippen LogP contribution in [0.25, 0.3) is 11.4 Å². The van der Waals surface area contributed by atoms with E-state index in [1.165, 1.54) is 0 Å². The van der Waals surface area contributed by atoms with Gasteiger partial charge in [0.1, 0.15) is 6.61 Å². The van der Waals surface area contributed by atoms with Gasteiger partial charge in [0.25, 0.3) is 0 Å². The summed E-state index contributed by atoms with van der Waals surface area (Å²) in [7, 11) is 3.14. The van der Waals surface area contributed by atoms with Gasteiger partial charge in [0.15, 0.2) is 11.5 Å². The number of ether oxygens (including phenoxy) is 3. The van der Waals surface area contributed by atoms with Crippen LogP contribution in [0.1, 0.15) is 11.5 Å². The van der Waals surface area contributed by atoms with Crippen molar-refractivity contribution in [3.05, 3.63) is 60.0 Å². The van der Waals surface area contributed by atoms with Crippen molar-refractivity contribution in [1.29, 1.82) is 0 Å². The topological polar surface area (TPSA) is 95.7 Å². The third-order valence-corrected chi connectivity index (χ3v) is 4.12.